The minimum atomic E-state index is -3.53. The molecule has 0 aromatic rings. The summed E-state index contributed by atoms with van der Waals surface area (Å²) >= 11 is 0. The van der Waals surface area contributed by atoms with Gasteiger partial charge in [0, 0.05) is 26.0 Å². The Morgan fingerprint density at radius 2 is 2.20 bits per heavy atom. The monoisotopic (exact) mass is 232 g/mol. The van der Waals surface area contributed by atoms with Gasteiger partial charge in [0.25, 0.3) is 10.1 Å². The van der Waals surface area contributed by atoms with E-state index in [9.17, 15) is 8.42 Å². The lowest BCUT2D eigenvalue weighted by atomic mass is 10.6. The molecule has 0 radical (unpaired) electrons. The van der Waals surface area contributed by atoms with Gasteiger partial charge < -0.3 is 9.80 Å². The largest absolute Gasteiger partial charge is 0.336 e. The quantitative estimate of drug-likeness (QED) is 0.511. The summed E-state index contributed by atoms with van der Waals surface area (Å²) in [5.41, 5.74) is 0. The van der Waals surface area contributed by atoms with E-state index in [1.807, 2.05) is 6.92 Å². The number of rotatable bonds is 5. The van der Waals surface area contributed by atoms with Crippen LogP contribution < -0.4 is 0 Å². The third-order valence-electron chi connectivity index (χ3n) is 2.05. The van der Waals surface area contributed by atoms with E-state index < -0.39 is 16.5 Å². The first-order valence-electron chi connectivity index (χ1n) is 4.68. The van der Waals surface area contributed by atoms with Crippen molar-refractivity contribution >= 4 is 10.1 Å². The molecule has 0 aliphatic carbocycles. The van der Waals surface area contributed by atoms with Crippen LogP contribution in [0.4, 0.5) is 0 Å². The molecule has 1 aliphatic rings. The Bertz CT molecular complexity index is 350. The second-order valence-corrected chi connectivity index (χ2v) is 4.87. The van der Waals surface area contributed by atoms with Crippen molar-refractivity contribution in [2.75, 3.05) is 19.3 Å². The van der Waals surface area contributed by atoms with Gasteiger partial charge >= 0.3 is 0 Å². The van der Waals surface area contributed by atoms with Gasteiger partial charge in [0.15, 0.2) is 0 Å². The van der Waals surface area contributed by atoms with Gasteiger partial charge in [-0.15, -0.1) is 6.58 Å². The zero-order valence-corrected chi connectivity index (χ0v) is 9.77. The molecule has 1 aliphatic heterocycles. The average molecular weight is 232 g/mol. The van der Waals surface area contributed by atoms with Gasteiger partial charge in [-0.25, -0.2) is 4.18 Å². The fourth-order valence-corrected chi connectivity index (χ4v) is 2.15. The third-order valence-corrected chi connectivity index (χ3v) is 3.15. The molecular formula is C9H16N2O3S. The summed E-state index contributed by atoms with van der Waals surface area (Å²) < 4.78 is 27.9. The lowest BCUT2D eigenvalue weighted by Crippen LogP contribution is -2.40. The van der Waals surface area contributed by atoms with Crippen molar-refractivity contribution in [3.8, 4) is 0 Å². The fraction of sp³-hybridized carbons (Fsp3) is 0.556. The first kappa shape index (κ1) is 12.1. The van der Waals surface area contributed by atoms with Gasteiger partial charge in [-0.1, -0.05) is 6.08 Å². The first-order chi connectivity index (χ1) is 7.00. The van der Waals surface area contributed by atoms with E-state index in [1.165, 1.54) is 6.08 Å². The van der Waals surface area contributed by atoms with E-state index in [-0.39, 0.29) is 5.75 Å². The van der Waals surface area contributed by atoms with Crippen molar-refractivity contribution in [1.82, 2.24) is 9.80 Å². The van der Waals surface area contributed by atoms with E-state index in [0.717, 1.165) is 0 Å². The maximum absolute atomic E-state index is 11.4. The van der Waals surface area contributed by atoms with Crippen LogP contribution in [0, 0.1) is 0 Å². The molecule has 0 spiro atoms. The Kier molecular flexibility index (Phi) is 3.76. The zero-order chi connectivity index (χ0) is 11.5. The van der Waals surface area contributed by atoms with Crippen LogP contribution in [-0.4, -0.2) is 43.9 Å². The number of hydrogen-bond donors (Lipinski definition) is 0. The maximum atomic E-state index is 11.4. The van der Waals surface area contributed by atoms with Crippen molar-refractivity contribution in [2.24, 2.45) is 0 Å². The van der Waals surface area contributed by atoms with Crippen LogP contribution in [0.25, 0.3) is 0 Å². The highest BCUT2D eigenvalue weighted by Gasteiger charge is 2.28. The zero-order valence-electron chi connectivity index (χ0n) is 8.96. The summed E-state index contributed by atoms with van der Waals surface area (Å²) in [7, 11) is -1.77. The molecule has 6 heteroatoms. The Morgan fingerprint density at radius 3 is 2.73 bits per heavy atom. The SMILES string of the molecule is C=CCS(=O)(=O)OC1N(C)C=CN1CC. The van der Waals surface area contributed by atoms with Crippen LogP contribution in [0.5, 0.6) is 0 Å². The first-order valence-corrected chi connectivity index (χ1v) is 6.25. The van der Waals surface area contributed by atoms with Gasteiger partial charge in [-0.05, 0) is 6.92 Å². The van der Waals surface area contributed by atoms with Crippen LogP contribution >= 0.6 is 0 Å². The highest BCUT2D eigenvalue weighted by molar-refractivity contribution is 7.86. The topological polar surface area (TPSA) is 49.9 Å². The molecule has 86 valence electrons. The molecule has 0 saturated heterocycles. The number of hydrogen-bond acceptors (Lipinski definition) is 5. The Labute approximate surface area is 90.7 Å². The third kappa shape index (κ3) is 2.97. The van der Waals surface area contributed by atoms with Gasteiger partial charge in [-0.2, -0.15) is 8.42 Å². The second kappa shape index (κ2) is 4.67. The van der Waals surface area contributed by atoms with Crippen molar-refractivity contribution in [1.29, 1.82) is 0 Å². The van der Waals surface area contributed by atoms with Gasteiger partial charge in [-0.3, -0.25) is 0 Å². The summed E-state index contributed by atoms with van der Waals surface area (Å²) in [4.78, 5) is 3.49. The van der Waals surface area contributed by atoms with Gasteiger partial charge in [0.05, 0.1) is 5.75 Å². The van der Waals surface area contributed by atoms with Crippen LogP contribution in [0.1, 0.15) is 6.92 Å². The molecule has 1 rings (SSSR count). The molecule has 1 unspecified atom stereocenters. The average Bonchev–Trinajstić information content (AvgIpc) is 2.47. The van der Waals surface area contributed by atoms with Crippen molar-refractivity contribution in [2.45, 2.75) is 13.3 Å². The molecule has 0 amide bonds. The molecule has 0 saturated carbocycles. The molecule has 1 atom stereocenters. The van der Waals surface area contributed by atoms with Gasteiger partial charge in [0.1, 0.15) is 0 Å². The second-order valence-electron chi connectivity index (χ2n) is 3.23. The van der Waals surface area contributed by atoms with Crippen LogP contribution in [-0.2, 0) is 14.3 Å². The summed E-state index contributed by atoms with van der Waals surface area (Å²) in [6, 6.07) is 0. The minimum Gasteiger partial charge on any atom is -0.336 e. The Balaban J connectivity index is 2.69. The van der Waals surface area contributed by atoms with Crippen LogP contribution in [0.15, 0.2) is 25.1 Å². The van der Waals surface area contributed by atoms with Crippen molar-refractivity contribution < 1.29 is 12.6 Å². The van der Waals surface area contributed by atoms with Crippen molar-refractivity contribution in [3.63, 3.8) is 0 Å². The van der Waals surface area contributed by atoms with E-state index >= 15 is 0 Å². The maximum Gasteiger partial charge on any atom is 0.274 e. The highest BCUT2D eigenvalue weighted by Crippen LogP contribution is 2.16. The van der Waals surface area contributed by atoms with E-state index in [4.69, 9.17) is 4.18 Å². The van der Waals surface area contributed by atoms with Gasteiger partial charge in [0.2, 0.25) is 6.35 Å². The van der Waals surface area contributed by atoms with Crippen molar-refractivity contribution in [3.05, 3.63) is 25.1 Å². The molecule has 15 heavy (non-hydrogen) atoms. The summed E-state index contributed by atoms with van der Waals surface area (Å²) in [5.74, 6) is -0.172. The lowest BCUT2D eigenvalue weighted by Gasteiger charge is -2.28. The summed E-state index contributed by atoms with van der Waals surface area (Å²) in [6.07, 6.45) is 4.32. The lowest BCUT2D eigenvalue weighted by molar-refractivity contribution is -0.00537. The summed E-state index contributed by atoms with van der Waals surface area (Å²) in [6.45, 7) is 6.00. The van der Waals surface area contributed by atoms with Crippen LogP contribution in [0.2, 0.25) is 0 Å². The Morgan fingerprint density at radius 1 is 1.53 bits per heavy atom. The van der Waals surface area contributed by atoms with E-state index in [2.05, 4.69) is 6.58 Å². The smallest absolute Gasteiger partial charge is 0.274 e. The normalized spacial score (nSPS) is 21.1. The van der Waals surface area contributed by atoms with E-state index in [1.54, 1.807) is 29.2 Å². The molecule has 5 nitrogen and oxygen atoms in total. The van der Waals surface area contributed by atoms with Crippen LogP contribution in [0.3, 0.4) is 0 Å². The minimum absolute atomic E-state index is 0.172. The molecule has 0 fully saturated rings. The highest BCUT2D eigenvalue weighted by atomic mass is 32.2. The molecule has 0 bridgehead atoms. The predicted molar refractivity (Wildman–Crippen MR) is 58.1 cm³/mol. The van der Waals surface area contributed by atoms with E-state index in [0.29, 0.717) is 6.54 Å². The standard InChI is InChI=1S/C9H16N2O3S/c1-4-8-15(12,13)14-9-10(3)6-7-11(9)5-2/h4,6-7,9H,1,5,8H2,2-3H3. The molecular weight excluding hydrogens is 216 g/mol. The molecule has 0 N–H and O–H groups in total. The predicted octanol–water partition coefficient (Wildman–Crippen LogP) is 0.541. The molecule has 1 heterocycles. The molecule has 0 aromatic heterocycles. The number of nitrogens with zero attached hydrogens (tertiary/aromatic N) is 2. The molecule has 0 aromatic carbocycles. The Hall–Kier alpha value is -1.01. The fourth-order valence-electron chi connectivity index (χ4n) is 1.27. The summed E-state index contributed by atoms with van der Waals surface area (Å²) in [5, 5.41) is 0.